The molecule has 1 atom stereocenters. The minimum absolute atomic E-state index is 0.0890. The summed E-state index contributed by atoms with van der Waals surface area (Å²) >= 11 is 0. The quantitative estimate of drug-likeness (QED) is 0.772. The van der Waals surface area contributed by atoms with Gasteiger partial charge in [0.05, 0.1) is 0 Å². The van der Waals surface area contributed by atoms with Crippen molar-refractivity contribution in [2.45, 2.75) is 12.8 Å². The number of ether oxygens (including phenoxy) is 1. The highest BCUT2D eigenvalue weighted by atomic mass is 16.5. The predicted molar refractivity (Wildman–Crippen MR) is 90.7 cm³/mol. The topological polar surface area (TPSA) is 21.3 Å². The van der Waals surface area contributed by atoms with Gasteiger partial charge in [-0.05, 0) is 34.6 Å². The molecule has 0 radical (unpaired) electrons. The molecular weight excluding hydrogens is 270 g/mol. The van der Waals surface area contributed by atoms with E-state index < -0.39 is 0 Å². The molecule has 1 heterocycles. The van der Waals surface area contributed by atoms with E-state index in [0.717, 1.165) is 17.9 Å². The normalized spacial score (nSPS) is 16.3. The Labute approximate surface area is 130 Å². The maximum absolute atomic E-state index is 6.06. The standard InChI is InChI=1S/C20H17NO/c1-2-6-15(7-3-1)14-21-20-13-11-18-17-9-5-4-8-16(17)10-12-19(18)22-20/h1-13,20-21H,14H2. The van der Waals surface area contributed by atoms with Crippen LogP contribution in [0.25, 0.3) is 16.8 Å². The lowest BCUT2D eigenvalue weighted by Crippen LogP contribution is -2.33. The second-order valence-electron chi connectivity index (χ2n) is 5.46. The Morgan fingerprint density at radius 1 is 0.864 bits per heavy atom. The molecule has 3 aromatic carbocycles. The minimum atomic E-state index is -0.0890. The lowest BCUT2D eigenvalue weighted by molar-refractivity contribution is 0.206. The molecule has 0 bridgehead atoms. The van der Waals surface area contributed by atoms with Gasteiger partial charge < -0.3 is 4.74 Å². The van der Waals surface area contributed by atoms with Gasteiger partial charge >= 0.3 is 0 Å². The van der Waals surface area contributed by atoms with Crippen molar-refractivity contribution in [1.29, 1.82) is 0 Å². The van der Waals surface area contributed by atoms with E-state index in [0.29, 0.717) is 0 Å². The van der Waals surface area contributed by atoms with Crippen LogP contribution in [0.1, 0.15) is 11.1 Å². The van der Waals surface area contributed by atoms with Crippen LogP contribution < -0.4 is 10.1 Å². The summed E-state index contributed by atoms with van der Waals surface area (Å²) in [5, 5.41) is 5.89. The molecule has 0 amide bonds. The van der Waals surface area contributed by atoms with Crippen molar-refractivity contribution in [3.05, 3.63) is 83.9 Å². The molecule has 4 rings (SSSR count). The van der Waals surface area contributed by atoms with E-state index in [1.807, 2.05) is 6.07 Å². The molecule has 0 aliphatic carbocycles. The van der Waals surface area contributed by atoms with E-state index in [-0.39, 0.29) is 6.23 Å². The Morgan fingerprint density at radius 2 is 1.68 bits per heavy atom. The fraction of sp³-hybridized carbons (Fsp3) is 0.100. The molecule has 2 heteroatoms. The monoisotopic (exact) mass is 287 g/mol. The summed E-state index contributed by atoms with van der Waals surface area (Å²) in [6.45, 7) is 0.790. The van der Waals surface area contributed by atoms with Crippen molar-refractivity contribution in [2.75, 3.05) is 0 Å². The Balaban J connectivity index is 1.55. The van der Waals surface area contributed by atoms with Gasteiger partial charge in [0.1, 0.15) is 5.75 Å². The van der Waals surface area contributed by atoms with Crippen LogP contribution in [0.2, 0.25) is 0 Å². The summed E-state index contributed by atoms with van der Waals surface area (Å²) in [6.07, 6.45) is 4.15. The van der Waals surface area contributed by atoms with Crippen molar-refractivity contribution >= 4 is 16.8 Å². The molecule has 108 valence electrons. The average molecular weight is 287 g/mol. The molecule has 3 aromatic rings. The molecule has 0 saturated carbocycles. The largest absolute Gasteiger partial charge is 0.471 e. The van der Waals surface area contributed by atoms with E-state index >= 15 is 0 Å². The average Bonchev–Trinajstić information content (AvgIpc) is 2.60. The van der Waals surface area contributed by atoms with Crippen LogP contribution in [-0.4, -0.2) is 6.23 Å². The maximum atomic E-state index is 6.06. The van der Waals surface area contributed by atoms with Crippen LogP contribution >= 0.6 is 0 Å². The van der Waals surface area contributed by atoms with Crippen molar-refractivity contribution in [3.63, 3.8) is 0 Å². The van der Waals surface area contributed by atoms with Crippen LogP contribution in [0.4, 0.5) is 0 Å². The summed E-state index contributed by atoms with van der Waals surface area (Å²) in [6, 6.07) is 22.9. The van der Waals surface area contributed by atoms with Gasteiger partial charge in [0.25, 0.3) is 0 Å². The zero-order valence-electron chi connectivity index (χ0n) is 12.2. The Hall–Kier alpha value is -2.58. The first-order valence-corrected chi connectivity index (χ1v) is 7.54. The van der Waals surface area contributed by atoms with E-state index in [1.165, 1.54) is 16.3 Å². The Kier molecular flexibility index (Phi) is 3.37. The van der Waals surface area contributed by atoms with Gasteiger partial charge in [0.2, 0.25) is 0 Å². The molecule has 1 N–H and O–H groups in total. The van der Waals surface area contributed by atoms with E-state index in [2.05, 4.69) is 78.1 Å². The smallest absolute Gasteiger partial charge is 0.170 e. The minimum Gasteiger partial charge on any atom is -0.471 e. The Bertz CT molecular complexity index is 823. The number of hydrogen-bond acceptors (Lipinski definition) is 2. The van der Waals surface area contributed by atoms with Crippen molar-refractivity contribution in [3.8, 4) is 5.75 Å². The van der Waals surface area contributed by atoms with E-state index in [9.17, 15) is 0 Å². The van der Waals surface area contributed by atoms with Crippen LogP contribution in [0.3, 0.4) is 0 Å². The van der Waals surface area contributed by atoms with E-state index in [4.69, 9.17) is 4.74 Å². The van der Waals surface area contributed by atoms with Gasteiger partial charge in [-0.2, -0.15) is 0 Å². The molecule has 0 spiro atoms. The fourth-order valence-corrected chi connectivity index (χ4v) is 2.83. The number of rotatable bonds is 3. The second-order valence-corrected chi connectivity index (χ2v) is 5.46. The lowest BCUT2D eigenvalue weighted by atomic mass is 10.0. The summed E-state index contributed by atoms with van der Waals surface area (Å²) in [7, 11) is 0. The number of fused-ring (bicyclic) bond motifs is 3. The zero-order chi connectivity index (χ0) is 14.8. The number of benzene rings is 3. The second kappa shape index (κ2) is 5.66. The van der Waals surface area contributed by atoms with Gasteiger partial charge in [0, 0.05) is 12.1 Å². The Morgan fingerprint density at radius 3 is 2.59 bits per heavy atom. The van der Waals surface area contributed by atoms with Crippen molar-refractivity contribution < 1.29 is 4.74 Å². The zero-order valence-corrected chi connectivity index (χ0v) is 12.2. The summed E-state index contributed by atoms with van der Waals surface area (Å²) in [4.78, 5) is 0. The van der Waals surface area contributed by atoms with Gasteiger partial charge in [-0.3, -0.25) is 5.32 Å². The summed E-state index contributed by atoms with van der Waals surface area (Å²) < 4.78 is 6.06. The molecule has 1 unspecified atom stereocenters. The highest BCUT2D eigenvalue weighted by Gasteiger charge is 2.15. The van der Waals surface area contributed by atoms with Crippen LogP contribution in [0.5, 0.6) is 5.75 Å². The SMILES string of the molecule is C1=CC(NCc2ccccc2)Oc2ccc3ccccc3c21. The molecule has 0 fully saturated rings. The number of nitrogens with one attached hydrogen (secondary N) is 1. The number of hydrogen-bond donors (Lipinski definition) is 1. The first kappa shape index (κ1) is 13.1. The van der Waals surface area contributed by atoms with Crippen LogP contribution in [0, 0.1) is 0 Å². The molecule has 2 nitrogen and oxygen atoms in total. The maximum Gasteiger partial charge on any atom is 0.170 e. The summed E-state index contributed by atoms with van der Waals surface area (Å²) in [5.41, 5.74) is 2.42. The van der Waals surface area contributed by atoms with Crippen LogP contribution in [0.15, 0.2) is 72.8 Å². The molecule has 1 aliphatic rings. The van der Waals surface area contributed by atoms with Gasteiger partial charge in [-0.25, -0.2) is 0 Å². The lowest BCUT2D eigenvalue weighted by Gasteiger charge is -2.23. The van der Waals surface area contributed by atoms with Crippen molar-refractivity contribution in [1.82, 2.24) is 5.32 Å². The highest BCUT2D eigenvalue weighted by molar-refractivity contribution is 5.93. The molecule has 1 aliphatic heterocycles. The molecular formula is C20H17NO. The highest BCUT2D eigenvalue weighted by Crippen LogP contribution is 2.32. The fourth-order valence-electron chi connectivity index (χ4n) is 2.83. The van der Waals surface area contributed by atoms with Gasteiger partial charge in [0.15, 0.2) is 6.23 Å². The molecule has 0 aromatic heterocycles. The molecule has 22 heavy (non-hydrogen) atoms. The van der Waals surface area contributed by atoms with E-state index in [1.54, 1.807) is 0 Å². The third-order valence-corrected chi connectivity index (χ3v) is 3.97. The third kappa shape index (κ3) is 2.49. The van der Waals surface area contributed by atoms with Gasteiger partial charge in [-0.15, -0.1) is 0 Å². The first-order valence-electron chi connectivity index (χ1n) is 7.54. The predicted octanol–water partition coefficient (Wildman–Crippen LogP) is 4.36. The first-order chi connectivity index (χ1) is 10.9. The third-order valence-electron chi connectivity index (χ3n) is 3.97. The summed E-state index contributed by atoms with van der Waals surface area (Å²) in [5.74, 6) is 0.937. The van der Waals surface area contributed by atoms with Crippen LogP contribution in [-0.2, 0) is 6.54 Å². The molecule has 0 saturated heterocycles. The van der Waals surface area contributed by atoms with Crippen molar-refractivity contribution in [2.24, 2.45) is 0 Å². The van der Waals surface area contributed by atoms with Gasteiger partial charge in [-0.1, -0.05) is 60.7 Å².